The fourth-order valence-corrected chi connectivity index (χ4v) is 3.58. The van der Waals surface area contributed by atoms with Crippen LogP contribution in [0.3, 0.4) is 0 Å². The first kappa shape index (κ1) is 18.7. The molecule has 4 aromatic rings. The maximum atomic E-state index is 12.7. The van der Waals surface area contributed by atoms with Crippen molar-refractivity contribution in [2.45, 2.75) is 26.3 Å². The molecule has 0 aliphatic rings. The van der Waals surface area contributed by atoms with E-state index in [1.807, 2.05) is 49.7 Å². The first-order chi connectivity index (χ1) is 13.8. The summed E-state index contributed by atoms with van der Waals surface area (Å²) in [6.07, 6.45) is 1.99. The Bertz CT molecular complexity index is 1250. The van der Waals surface area contributed by atoms with Gasteiger partial charge >= 0.3 is 5.97 Å². The van der Waals surface area contributed by atoms with E-state index in [-0.39, 0.29) is 6.42 Å². The second kappa shape index (κ2) is 7.09. The summed E-state index contributed by atoms with van der Waals surface area (Å²) in [5.41, 5.74) is 4.90. The number of aromatic nitrogens is 3. The van der Waals surface area contributed by atoms with Crippen molar-refractivity contribution in [2.75, 3.05) is 0 Å². The number of carbonyl (C=O) groups is 2. The normalized spacial score (nSPS) is 12.4. The van der Waals surface area contributed by atoms with Crippen molar-refractivity contribution in [2.24, 2.45) is 7.05 Å². The Morgan fingerprint density at radius 2 is 2.00 bits per heavy atom. The summed E-state index contributed by atoms with van der Waals surface area (Å²) in [4.78, 5) is 32.1. The standard InChI is InChI=1S/C22H22N4O3/c1-12-4-6-17-16(8-12)15(11-23-17)10-19(22(28)29)25-21(27)14-5-7-20-18(9-14)24-13(2)26(20)3/h4-9,11,19,23H,10H2,1-3H3,(H,25,27)(H,28,29)/t19-/m0/s1. The van der Waals surface area contributed by atoms with Gasteiger partial charge in [0.05, 0.1) is 11.0 Å². The third-order valence-electron chi connectivity index (χ3n) is 5.32. The molecule has 0 spiro atoms. The SMILES string of the molecule is Cc1ccc2[nH]cc(C[C@H](NC(=O)c3ccc4c(c3)nc(C)n4C)C(=O)O)c2c1. The van der Waals surface area contributed by atoms with Crippen LogP contribution in [-0.2, 0) is 18.3 Å². The van der Waals surface area contributed by atoms with E-state index in [2.05, 4.69) is 15.3 Å². The number of aromatic amines is 1. The van der Waals surface area contributed by atoms with Crippen molar-refractivity contribution in [1.82, 2.24) is 19.9 Å². The molecular weight excluding hydrogens is 368 g/mol. The monoisotopic (exact) mass is 390 g/mol. The number of hydrogen-bond acceptors (Lipinski definition) is 3. The highest BCUT2D eigenvalue weighted by Crippen LogP contribution is 2.21. The number of fused-ring (bicyclic) bond motifs is 2. The van der Waals surface area contributed by atoms with Crippen LogP contribution >= 0.6 is 0 Å². The van der Waals surface area contributed by atoms with Gasteiger partial charge in [-0.05, 0) is 49.7 Å². The number of hydrogen-bond donors (Lipinski definition) is 3. The molecule has 0 aliphatic heterocycles. The number of aliphatic carboxylic acids is 1. The van der Waals surface area contributed by atoms with Crippen LogP contribution in [-0.4, -0.2) is 37.6 Å². The summed E-state index contributed by atoms with van der Waals surface area (Å²) >= 11 is 0. The van der Waals surface area contributed by atoms with Crippen LogP contribution in [0.2, 0.25) is 0 Å². The summed E-state index contributed by atoms with van der Waals surface area (Å²) in [6, 6.07) is 10.1. The molecule has 0 bridgehead atoms. The number of nitrogens with one attached hydrogen (secondary N) is 2. The fourth-order valence-electron chi connectivity index (χ4n) is 3.58. The molecule has 2 heterocycles. The average molecular weight is 390 g/mol. The Morgan fingerprint density at radius 3 is 2.76 bits per heavy atom. The number of amides is 1. The lowest BCUT2D eigenvalue weighted by atomic mass is 10.0. The zero-order valence-electron chi connectivity index (χ0n) is 16.5. The summed E-state index contributed by atoms with van der Waals surface area (Å²) in [5.74, 6) is -0.663. The van der Waals surface area contributed by atoms with Gasteiger partial charge in [-0.2, -0.15) is 0 Å². The quantitative estimate of drug-likeness (QED) is 0.487. The minimum absolute atomic E-state index is 0.190. The number of carboxylic acid groups (broad SMARTS) is 1. The second-order valence-electron chi connectivity index (χ2n) is 7.35. The molecular formula is C22H22N4O3. The van der Waals surface area contributed by atoms with Gasteiger partial charge in [0.15, 0.2) is 0 Å². The predicted molar refractivity (Wildman–Crippen MR) is 111 cm³/mol. The van der Waals surface area contributed by atoms with Crippen molar-refractivity contribution in [3.05, 3.63) is 65.1 Å². The third-order valence-corrected chi connectivity index (χ3v) is 5.32. The van der Waals surface area contributed by atoms with Crippen molar-refractivity contribution in [3.63, 3.8) is 0 Å². The third kappa shape index (κ3) is 3.47. The van der Waals surface area contributed by atoms with Crippen molar-refractivity contribution >= 4 is 33.8 Å². The largest absolute Gasteiger partial charge is 0.480 e. The van der Waals surface area contributed by atoms with E-state index >= 15 is 0 Å². The van der Waals surface area contributed by atoms with Crippen molar-refractivity contribution < 1.29 is 14.7 Å². The van der Waals surface area contributed by atoms with Gasteiger partial charge in [0.2, 0.25) is 0 Å². The molecule has 0 aliphatic carbocycles. The number of benzene rings is 2. The number of aryl methyl sites for hydroxylation is 3. The number of H-pyrrole nitrogens is 1. The predicted octanol–water partition coefficient (Wildman–Crippen LogP) is 3.10. The molecule has 0 radical (unpaired) electrons. The van der Waals surface area contributed by atoms with E-state index in [0.717, 1.165) is 33.4 Å². The molecule has 29 heavy (non-hydrogen) atoms. The molecule has 0 fully saturated rings. The molecule has 0 saturated heterocycles. The molecule has 148 valence electrons. The van der Waals surface area contributed by atoms with Gasteiger partial charge in [-0.15, -0.1) is 0 Å². The first-order valence-electron chi connectivity index (χ1n) is 9.37. The van der Waals surface area contributed by atoms with Crippen LogP contribution < -0.4 is 5.32 Å². The van der Waals surface area contributed by atoms with Gasteiger partial charge in [0.1, 0.15) is 11.9 Å². The topological polar surface area (TPSA) is 100 Å². The molecule has 0 unspecified atom stereocenters. The number of carbonyl (C=O) groups excluding carboxylic acids is 1. The number of nitrogens with zero attached hydrogens (tertiary/aromatic N) is 2. The van der Waals surface area contributed by atoms with E-state index in [9.17, 15) is 14.7 Å². The van der Waals surface area contributed by atoms with Gasteiger partial charge in [0.25, 0.3) is 5.91 Å². The Labute approximate surface area is 167 Å². The van der Waals surface area contributed by atoms with E-state index in [1.54, 1.807) is 18.3 Å². The van der Waals surface area contributed by atoms with E-state index < -0.39 is 17.9 Å². The lowest BCUT2D eigenvalue weighted by molar-refractivity contribution is -0.139. The minimum Gasteiger partial charge on any atom is -0.480 e. The lowest BCUT2D eigenvalue weighted by Gasteiger charge is -2.14. The fraction of sp³-hybridized carbons (Fsp3) is 0.227. The highest BCUT2D eigenvalue weighted by atomic mass is 16.4. The van der Waals surface area contributed by atoms with Gasteiger partial charge in [0, 0.05) is 36.1 Å². The van der Waals surface area contributed by atoms with Crippen LogP contribution in [0.1, 0.15) is 27.3 Å². The summed E-state index contributed by atoms with van der Waals surface area (Å²) in [6.45, 7) is 3.88. The molecule has 1 amide bonds. The number of carboxylic acids is 1. The van der Waals surface area contributed by atoms with E-state index in [0.29, 0.717) is 11.1 Å². The number of imidazole rings is 1. The molecule has 7 nitrogen and oxygen atoms in total. The zero-order valence-corrected chi connectivity index (χ0v) is 16.5. The van der Waals surface area contributed by atoms with Crippen molar-refractivity contribution in [1.29, 1.82) is 0 Å². The second-order valence-corrected chi connectivity index (χ2v) is 7.35. The minimum atomic E-state index is -1.07. The average Bonchev–Trinajstić information content (AvgIpc) is 3.21. The Kier molecular flexibility index (Phi) is 4.58. The van der Waals surface area contributed by atoms with E-state index in [4.69, 9.17) is 0 Å². The van der Waals surface area contributed by atoms with E-state index in [1.165, 1.54) is 0 Å². The van der Waals surface area contributed by atoms with Gasteiger partial charge < -0.3 is 20.0 Å². The molecule has 4 rings (SSSR count). The summed E-state index contributed by atoms with van der Waals surface area (Å²) in [5, 5.41) is 13.3. The Hall–Kier alpha value is -3.61. The molecule has 1 atom stereocenters. The highest BCUT2D eigenvalue weighted by molar-refractivity contribution is 5.99. The first-order valence-corrected chi connectivity index (χ1v) is 9.37. The molecule has 2 aromatic heterocycles. The molecule has 0 saturated carbocycles. The maximum Gasteiger partial charge on any atom is 0.326 e. The molecule has 3 N–H and O–H groups in total. The summed E-state index contributed by atoms with van der Waals surface area (Å²) in [7, 11) is 1.91. The van der Waals surface area contributed by atoms with Crippen LogP contribution in [0.4, 0.5) is 0 Å². The number of rotatable bonds is 5. The van der Waals surface area contributed by atoms with Crippen LogP contribution in [0.25, 0.3) is 21.9 Å². The molecule has 2 aromatic carbocycles. The Balaban J connectivity index is 1.58. The zero-order chi connectivity index (χ0) is 20.7. The van der Waals surface area contributed by atoms with Crippen LogP contribution in [0.15, 0.2) is 42.6 Å². The highest BCUT2D eigenvalue weighted by Gasteiger charge is 2.23. The van der Waals surface area contributed by atoms with Gasteiger partial charge in [-0.25, -0.2) is 9.78 Å². The van der Waals surface area contributed by atoms with Crippen LogP contribution in [0, 0.1) is 13.8 Å². The molecule has 7 heteroatoms. The van der Waals surface area contributed by atoms with Gasteiger partial charge in [-0.1, -0.05) is 11.6 Å². The van der Waals surface area contributed by atoms with Gasteiger partial charge in [-0.3, -0.25) is 4.79 Å². The smallest absolute Gasteiger partial charge is 0.326 e. The van der Waals surface area contributed by atoms with Crippen LogP contribution in [0.5, 0.6) is 0 Å². The lowest BCUT2D eigenvalue weighted by Crippen LogP contribution is -2.42. The maximum absolute atomic E-state index is 12.7. The summed E-state index contributed by atoms with van der Waals surface area (Å²) < 4.78 is 1.94. The van der Waals surface area contributed by atoms with Crippen molar-refractivity contribution in [3.8, 4) is 0 Å². The Morgan fingerprint density at radius 1 is 1.21 bits per heavy atom.